The maximum atomic E-state index is 4.84. The van der Waals surface area contributed by atoms with Gasteiger partial charge in [0.1, 0.15) is 0 Å². The topological polar surface area (TPSA) is 26.0 Å². The largest absolute Gasteiger partial charge is 2.00 e. The van der Waals surface area contributed by atoms with Gasteiger partial charge in [0.2, 0.25) is 0 Å². The van der Waals surface area contributed by atoms with Crippen molar-refractivity contribution < 1.29 is 24.8 Å². The molecule has 0 aromatic heterocycles. The fraction of sp³-hybridized carbons (Fsp3) is 0.500. The molecule has 0 heterocycles. The molecule has 0 saturated carbocycles. The van der Waals surface area contributed by atoms with E-state index in [9.17, 15) is 0 Å². The Morgan fingerprint density at radius 2 is 1.43 bits per heavy atom. The first-order chi connectivity index (χ1) is 1.73. The van der Waals surface area contributed by atoms with E-state index in [1.54, 1.807) is 6.92 Å². The average molecular weight is 265 g/mol. The molecule has 0 aliphatic heterocycles. The second-order valence-electron chi connectivity index (χ2n) is 0.611. The van der Waals surface area contributed by atoms with Crippen molar-refractivity contribution in [3.8, 4) is 0 Å². The summed E-state index contributed by atoms with van der Waals surface area (Å²) in [6.07, 6.45) is 0. The van der Waals surface area contributed by atoms with Gasteiger partial charge in [-0.25, -0.2) is 0 Å². The zero-order valence-corrected chi connectivity index (χ0v) is 8.92. The molecule has 0 amide bonds. The molecule has 42 valence electrons. The third-order valence-electron chi connectivity index (χ3n) is 0. The quantitative estimate of drug-likeness (QED) is 0.348. The van der Waals surface area contributed by atoms with Crippen LogP contribution in [0.3, 0.4) is 0 Å². The molecular formula is C2H5Cl2NSSn. The van der Waals surface area contributed by atoms with Crippen molar-refractivity contribution in [3.05, 3.63) is 0 Å². The average Bonchev–Trinajstić information content (AvgIpc) is 0.811. The fourth-order valence-electron chi connectivity index (χ4n) is 0. The summed E-state index contributed by atoms with van der Waals surface area (Å²) in [5, 5.41) is 0. The minimum Gasteiger partial charge on any atom is -1.00 e. The van der Waals surface area contributed by atoms with Crippen molar-refractivity contribution in [1.82, 2.24) is 0 Å². The van der Waals surface area contributed by atoms with Crippen molar-refractivity contribution in [1.29, 1.82) is 0 Å². The second-order valence-corrected chi connectivity index (χ2v) is 1.25. The van der Waals surface area contributed by atoms with Gasteiger partial charge in [0, 0.05) is 0 Å². The first-order valence-electron chi connectivity index (χ1n) is 0.993. The van der Waals surface area contributed by atoms with E-state index in [0.717, 1.165) is 0 Å². The second kappa shape index (κ2) is 15.7. The molecule has 0 saturated heterocycles. The van der Waals surface area contributed by atoms with Crippen molar-refractivity contribution in [2.45, 2.75) is 6.92 Å². The molecule has 1 nitrogen and oxygen atoms in total. The molecule has 0 unspecified atom stereocenters. The van der Waals surface area contributed by atoms with Crippen LogP contribution in [0.25, 0.3) is 0 Å². The zero-order valence-electron chi connectivity index (χ0n) is 3.74. The van der Waals surface area contributed by atoms with Crippen LogP contribution in [0, 0.1) is 0 Å². The van der Waals surface area contributed by atoms with E-state index in [-0.39, 0.29) is 48.7 Å². The van der Waals surface area contributed by atoms with Crippen LogP contribution in [0.15, 0.2) is 0 Å². The Morgan fingerprint density at radius 1 is 1.43 bits per heavy atom. The van der Waals surface area contributed by atoms with Gasteiger partial charge in [-0.15, -0.1) is 0 Å². The number of rotatable bonds is 0. The first kappa shape index (κ1) is 24.0. The summed E-state index contributed by atoms with van der Waals surface area (Å²) in [5.41, 5.74) is 4.84. The number of hydrogen-bond donors (Lipinski definition) is 1. The molecule has 0 rings (SSSR count). The van der Waals surface area contributed by atoms with E-state index in [4.69, 9.17) is 5.73 Å². The van der Waals surface area contributed by atoms with Gasteiger partial charge in [0.15, 0.2) is 0 Å². The van der Waals surface area contributed by atoms with Crippen molar-refractivity contribution in [2.75, 3.05) is 0 Å². The molecule has 0 aromatic carbocycles. The van der Waals surface area contributed by atoms with E-state index in [1.165, 1.54) is 0 Å². The Kier molecular flexibility index (Phi) is 53.7. The Hall–Kier alpha value is 1.27. The standard InChI is InChI=1S/C2H5NS.2ClH.Sn/c1-2(3)4;;;/h1H3,(H2,3,4);2*1H;/q;;;+2/p-2. The monoisotopic (exact) mass is 265 g/mol. The predicted molar refractivity (Wildman–Crippen MR) is 28.2 cm³/mol. The molecule has 5 heteroatoms. The van der Waals surface area contributed by atoms with Crippen LogP contribution < -0.4 is 30.5 Å². The van der Waals surface area contributed by atoms with Gasteiger partial charge in [-0.3, -0.25) is 0 Å². The Balaban J connectivity index is -0.0000000150. The van der Waals surface area contributed by atoms with Gasteiger partial charge >= 0.3 is 23.9 Å². The van der Waals surface area contributed by atoms with Crippen LogP contribution in [0.1, 0.15) is 6.92 Å². The number of halogens is 2. The van der Waals surface area contributed by atoms with Crippen LogP contribution in [0.4, 0.5) is 0 Å². The minimum absolute atomic E-state index is 0. The molecule has 0 aromatic rings. The molecule has 7 heavy (non-hydrogen) atoms. The maximum absolute atomic E-state index is 4.84. The summed E-state index contributed by atoms with van der Waals surface area (Å²) >= 11 is 4.31. The van der Waals surface area contributed by atoms with Crippen LogP contribution >= 0.6 is 12.2 Å². The number of thiocarbonyl (C=S) groups is 1. The minimum atomic E-state index is 0. The summed E-state index contributed by atoms with van der Waals surface area (Å²) < 4.78 is 0. The molecule has 0 aliphatic carbocycles. The van der Waals surface area contributed by atoms with Crippen LogP contribution in [-0.4, -0.2) is 28.9 Å². The van der Waals surface area contributed by atoms with E-state index in [1.807, 2.05) is 0 Å². The molecule has 0 aliphatic rings. The molecule has 0 atom stereocenters. The third kappa shape index (κ3) is 125. The van der Waals surface area contributed by atoms with Crippen LogP contribution in [-0.2, 0) is 0 Å². The molecule has 0 bridgehead atoms. The van der Waals surface area contributed by atoms with Crippen LogP contribution in [0.5, 0.6) is 0 Å². The normalized spacial score (nSPS) is 3.57. The van der Waals surface area contributed by atoms with Gasteiger partial charge < -0.3 is 30.5 Å². The summed E-state index contributed by atoms with van der Waals surface area (Å²) in [4.78, 5) is 0.500. The molecule has 0 fully saturated rings. The van der Waals surface area contributed by atoms with Crippen molar-refractivity contribution in [2.24, 2.45) is 5.73 Å². The third-order valence-corrected chi connectivity index (χ3v) is 0. The van der Waals surface area contributed by atoms with Crippen molar-refractivity contribution >= 4 is 41.1 Å². The summed E-state index contributed by atoms with van der Waals surface area (Å²) in [6.45, 7) is 1.68. The van der Waals surface area contributed by atoms with E-state index in [0.29, 0.717) is 4.99 Å². The molecule has 0 spiro atoms. The van der Waals surface area contributed by atoms with E-state index >= 15 is 0 Å². The number of nitrogens with two attached hydrogens (primary N) is 1. The van der Waals surface area contributed by atoms with E-state index < -0.39 is 0 Å². The molecular weight excluding hydrogens is 260 g/mol. The van der Waals surface area contributed by atoms with Gasteiger partial charge in [-0.1, -0.05) is 12.2 Å². The SMILES string of the molecule is CC(N)=S.[Cl-].[Cl-].[Sn+2]. The van der Waals surface area contributed by atoms with Gasteiger partial charge in [-0.2, -0.15) is 0 Å². The first-order valence-corrected chi connectivity index (χ1v) is 1.40. The Morgan fingerprint density at radius 3 is 1.43 bits per heavy atom. The van der Waals surface area contributed by atoms with Crippen LogP contribution in [0.2, 0.25) is 0 Å². The van der Waals surface area contributed by atoms with Crippen molar-refractivity contribution in [3.63, 3.8) is 0 Å². The maximum Gasteiger partial charge on any atom is 2.00 e. The zero-order chi connectivity index (χ0) is 3.58. The van der Waals surface area contributed by atoms with Gasteiger partial charge in [-0.05, 0) is 6.92 Å². The number of hydrogen-bond acceptors (Lipinski definition) is 1. The Bertz CT molecular complexity index is 38.7. The fourth-order valence-corrected chi connectivity index (χ4v) is 0. The van der Waals surface area contributed by atoms with E-state index in [2.05, 4.69) is 12.2 Å². The molecule has 2 radical (unpaired) electrons. The summed E-state index contributed by atoms with van der Waals surface area (Å²) in [6, 6.07) is 0. The van der Waals surface area contributed by atoms with Gasteiger partial charge in [0.05, 0.1) is 4.99 Å². The Labute approximate surface area is 78.2 Å². The summed E-state index contributed by atoms with van der Waals surface area (Å²) in [5.74, 6) is 0. The van der Waals surface area contributed by atoms with Gasteiger partial charge in [0.25, 0.3) is 0 Å². The smallest absolute Gasteiger partial charge is 1.00 e. The predicted octanol–water partition coefficient (Wildman–Crippen LogP) is -6.08. The summed E-state index contributed by atoms with van der Waals surface area (Å²) in [7, 11) is 0. The molecule has 2 N–H and O–H groups in total.